The van der Waals surface area contributed by atoms with Gasteiger partial charge in [-0.1, -0.05) is 43.0 Å². The van der Waals surface area contributed by atoms with Gasteiger partial charge in [0.25, 0.3) is 0 Å². The lowest BCUT2D eigenvalue weighted by molar-refractivity contribution is 0.149. The molecule has 0 amide bonds. The van der Waals surface area contributed by atoms with E-state index in [1.165, 1.54) is 6.42 Å². The van der Waals surface area contributed by atoms with Crippen LogP contribution in [0.1, 0.15) is 32.6 Å². The zero-order valence-corrected chi connectivity index (χ0v) is 12.4. The van der Waals surface area contributed by atoms with Crippen molar-refractivity contribution in [3.05, 3.63) is 16.1 Å². The molecule has 0 spiro atoms. The van der Waals surface area contributed by atoms with Crippen LogP contribution in [0, 0.1) is 5.92 Å². The lowest BCUT2D eigenvalue weighted by atomic mass is 9.77. The van der Waals surface area contributed by atoms with E-state index < -0.39 is 0 Å². The molecule has 2 rings (SSSR count). The normalized spacial score (nSPS) is 27.3. The van der Waals surface area contributed by atoms with Crippen LogP contribution in [0.5, 0.6) is 0 Å². The van der Waals surface area contributed by atoms with Crippen molar-refractivity contribution in [1.82, 2.24) is 4.98 Å². The number of aromatic nitrogens is 1. The van der Waals surface area contributed by atoms with Crippen LogP contribution < -0.4 is 11.1 Å². The van der Waals surface area contributed by atoms with Gasteiger partial charge in [0.1, 0.15) is 11.6 Å². The van der Waals surface area contributed by atoms with Crippen LogP contribution in [0.2, 0.25) is 10.0 Å². The van der Waals surface area contributed by atoms with Crippen molar-refractivity contribution in [2.75, 3.05) is 17.7 Å². The molecule has 4 nitrogen and oxygen atoms in total. The average molecular weight is 304 g/mol. The molecule has 1 heterocycles. The summed E-state index contributed by atoms with van der Waals surface area (Å²) in [4.78, 5) is 4.18. The van der Waals surface area contributed by atoms with Crippen molar-refractivity contribution in [2.24, 2.45) is 5.92 Å². The molecule has 1 saturated carbocycles. The highest BCUT2D eigenvalue weighted by Gasteiger charge is 2.35. The number of pyridine rings is 1. The zero-order chi connectivity index (χ0) is 14.0. The number of hydrogen-bond donors (Lipinski definition) is 3. The Morgan fingerprint density at radius 1 is 1.53 bits per heavy atom. The van der Waals surface area contributed by atoms with E-state index in [4.69, 9.17) is 28.9 Å². The number of nitrogen functional groups attached to an aromatic ring is 1. The Morgan fingerprint density at radius 2 is 2.26 bits per heavy atom. The Kier molecular flexibility index (Phi) is 4.43. The number of anilines is 2. The number of aliphatic hydroxyl groups excluding tert-OH is 1. The third-order valence-electron chi connectivity index (χ3n) is 3.73. The molecule has 6 heteroatoms. The molecule has 106 valence electrons. The zero-order valence-electron chi connectivity index (χ0n) is 10.9. The first kappa shape index (κ1) is 14.7. The number of rotatable bonds is 3. The van der Waals surface area contributed by atoms with E-state index >= 15 is 0 Å². The van der Waals surface area contributed by atoms with E-state index in [1.807, 2.05) is 0 Å². The van der Waals surface area contributed by atoms with Gasteiger partial charge in [0.15, 0.2) is 0 Å². The van der Waals surface area contributed by atoms with Gasteiger partial charge in [0.05, 0.1) is 22.2 Å². The fourth-order valence-corrected chi connectivity index (χ4v) is 3.18. The van der Waals surface area contributed by atoms with Gasteiger partial charge in [-0.3, -0.25) is 0 Å². The fourth-order valence-electron chi connectivity index (χ4n) is 2.78. The highest BCUT2D eigenvalue weighted by atomic mass is 35.5. The number of nitrogens with two attached hydrogens (primary N) is 1. The summed E-state index contributed by atoms with van der Waals surface area (Å²) in [5, 5.41) is 13.8. The second kappa shape index (κ2) is 5.73. The van der Waals surface area contributed by atoms with E-state index in [0.29, 0.717) is 21.8 Å². The number of nitrogens with zero attached hydrogens (tertiary/aromatic N) is 1. The van der Waals surface area contributed by atoms with Crippen LogP contribution in [0.25, 0.3) is 0 Å². The molecule has 0 saturated heterocycles. The number of nitrogens with one attached hydrogen (secondary N) is 1. The van der Waals surface area contributed by atoms with Gasteiger partial charge in [-0.25, -0.2) is 4.98 Å². The third-order valence-corrected chi connectivity index (χ3v) is 4.33. The number of hydrogen-bond acceptors (Lipinski definition) is 4. The van der Waals surface area contributed by atoms with Gasteiger partial charge in [-0.15, -0.1) is 0 Å². The Bertz CT molecular complexity index is 469. The summed E-state index contributed by atoms with van der Waals surface area (Å²) >= 11 is 12.0. The predicted octanol–water partition coefficient (Wildman–Crippen LogP) is 3.32. The molecule has 19 heavy (non-hydrogen) atoms. The van der Waals surface area contributed by atoms with Crippen molar-refractivity contribution in [2.45, 2.75) is 38.1 Å². The molecule has 1 aliphatic rings. The molecule has 1 aromatic heterocycles. The van der Waals surface area contributed by atoms with Crippen molar-refractivity contribution >= 4 is 34.8 Å². The quantitative estimate of drug-likeness (QED) is 0.801. The van der Waals surface area contributed by atoms with Crippen LogP contribution in [0.3, 0.4) is 0 Å². The van der Waals surface area contributed by atoms with Gasteiger partial charge in [0.2, 0.25) is 0 Å². The van der Waals surface area contributed by atoms with Gasteiger partial charge < -0.3 is 16.2 Å². The molecule has 2 atom stereocenters. The van der Waals surface area contributed by atoms with Crippen LogP contribution in [-0.2, 0) is 0 Å². The number of aliphatic hydroxyl groups is 1. The molecule has 0 bridgehead atoms. The van der Waals surface area contributed by atoms with Crippen LogP contribution in [-0.4, -0.2) is 22.2 Å². The maximum Gasteiger partial charge on any atom is 0.147 e. The molecule has 2 unspecified atom stereocenters. The molecule has 0 aliphatic heterocycles. The molecule has 4 N–H and O–H groups in total. The van der Waals surface area contributed by atoms with E-state index in [9.17, 15) is 5.11 Å². The molecular formula is C13H19Cl2N3O. The Hall–Kier alpha value is -0.710. The first-order valence-electron chi connectivity index (χ1n) is 6.46. The molecular weight excluding hydrogens is 285 g/mol. The van der Waals surface area contributed by atoms with Crippen molar-refractivity contribution in [3.63, 3.8) is 0 Å². The van der Waals surface area contributed by atoms with Gasteiger partial charge in [-0.05, 0) is 24.8 Å². The minimum Gasteiger partial charge on any atom is -0.394 e. The first-order valence-corrected chi connectivity index (χ1v) is 7.22. The summed E-state index contributed by atoms with van der Waals surface area (Å²) in [5.74, 6) is 1.30. The molecule has 0 radical (unpaired) electrons. The summed E-state index contributed by atoms with van der Waals surface area (Å²) in [6.07, 6.45) is 4.06. The molecule has 1 aliphatic carbocycles. The summed E-state index contributed by atoms with van der Waals surface area (Å²) in [6, 6.07) is 1.57. The Morgan fingerprint density at radius 3 is 2.89 bits per heavy atom. The second-order valence-corrected chi connectivity index (χ2v) is 6.27. The topological polar surface area (TPSA) is 71.2 Å². The predicted molar refractivity (Wildman–Crippen MR) is 79.7 cm³/mol. The van der Waals surface area contributed by atoms with E-state index in [0.717, 1.165) is 19.3 Å². The van der Waals surface area contributed by atoms with Gasteiger partial charge >= 0.3 is 0 Å². The summed E-state index contributed by atoms with van der Waals surface area (Å²) in [5.41, 5.74) is 5.34. The summed E-state index contributed by atoms with van der Waals surface area (Å²) < 4.78 is 0. The monoisotopic (exact) mass is 303 g/mol. The van der Waals surface area contributed by atoms with Crippen LogP contribution >= 0.6 is 23.2 Å². The standard InChI is InChI=1S/C13H19Cl2N3O/c1-8-3-2-4-13(6-8,7-19)18-12-10(15)5-9(14)11(16)17-12/h5,8,19H,2-4,6-7H2,1H3,(H3,16,17,18). The van der Waals surface area contributed by atoms with Crippen LogP contribution in [0.15, 0.2) is 6.07 Å². The van der Waals surface area contributed by atoms with Gasteiger partial charge in [0, 0.05) is 0 Å². The maximum absolute atomic E-state index is 9.74. The largest absolute Gasteiger partial charge is 0.394 e. The van der Waals surface area contributed by atoms with E-state index in [2.05, 4.69) is 17.2 Å². The fraction of sp³-hybridized carbons (Fsp3) is 0.615. The van der Waals surface area contributed by atoms with Gasteiger partial charge in [-0.2, -0.15) is 0 Å². The summed E-state index contributed by atoms with van der Waals surface area (Å²) in [6.45, 7) is 2.24. The Balaban J connectivity index is 2.25. The highest BCUT2D eigenvalue weighted by Crippen LogP contribution is 2.37. The minimum atomic E-state index is -0.366. The van der Waals surface area contributed by atoms with E-state index in [1.54, 1.807) is 6.07 Å². The smallest absolute Gasteiger partial charge is 0.147 e. The van der Waals surface area contributed by atoms with E-state index in [-0.39, 0.29) is 18.0 Å². The first-order chi connectivity index (χ1) is 8.96. The van der Waals surface area contributed by atoms with Crippen molar-refractivity contribution < 1.29 is 5.11 Å². The SMILES string of the molecule is CC1CCCC(CO)(Nc2nc(N)c(Cl)cc2Cl)C1. The molecule has 1 aromatic rings. The minimum absolute atomic E-state index is 0.0535. The lowest BCUT2D eigenvalue weighted by Gasteiger charge is -2.40. The summed E-state index contributed by atoms with van der Waals surface area (Å²) in [7, 11) is 0. The number of halogens is 2. The van der Waals surface area contributed by atoms with Crippen molar-refractivity contribution in [3.8, 4) is 0 Å². The average Bonchev–Trinajstić information content (AvgIpc) is 2.36. The second-order valence-electron chi connectivity index (χ2n) is 5.45. The molecule has 0 aromatic carbocycles. The molecule has 1 fully saturated rings. The Labute approximate surface area is 123 Å². The lowest BCUT2D eigenvalue weighted by Crippen LogP contribution is -2.46. The van der Waals surface area contributed by atoms with Crippen molar-refractivity contribution in [1.29, 1.82) is 0 Å². The third kappa shape index (κ3) is 3.25. The highest BCUT2D eigenvalue weighted by molar-refractivity contribution is 6.37. The maximum atomic E-state index is 9.74. The van der Waals surface area contributed by atoms with Crippen LogP contribution in [0.4, 0.5) is 11.6 Å².